The van der Waals surface area contributed by atoms with E-state index in [0.29, 0.717) is 29.7 Å². The van der Waals surface area contributed by atoms with Crippen molar-refractivity contribution in [2.75, 3.05) is 27.9 Å². The van der Waals surface area contributed by atoms with Gasteiger partial charge in [-0.2, -0.15) is 0 Å². The molecule has 1 aliphatic carbocycles. The van der Waals surface area contributed by atoms with Crippen LogP contribution in [0.3, 0.4) is 0 Å². The Morgan fingerprint density at radius 1 is 1.16 bits per heavy atom. The highest BCUT2D eigenvalue weighted by Crippen LogP contribution is 2.39. The van der Waals surface area contributed by atoms with Crippen molar-refractivity contribution >= 4 is 6.03 Å². The molecule has 0 spiro atoms. The highest BCUT2D eigenvalue weighted by atomic mass is 16.5. The standard InChI is InChI=1S/C19H28N2O4/c1-13(21-19(22)20-12-14-8-6-5-7-9-14)15-10-16(23-2)18(25-4)17(11-15)24-3/h5-6,10-11,13-14H,7-9,12H2,1-4H3,(H2,20,21,22)/t13-,14+/m0/s1. The maximum absolute atomic E-state index is 12.2. The predicted molar refractivity (Wildman–Crippen MR) is 97.5 cm³/mol. The molecule has 0 saturated heterocycles. The average molecular weight is 348 g/mol. The molecule has 0 aromatic heterocycles. The monoisotopic (exact) mass is 348 g/mol. The molecule has 6 heteroatoms. The van der Waals surface area contributed by atoms with Crippen molar-refractivity contribution in [3.8, 4) is 17.2 Å². The summed E-state index contributed by atoms with van der Waals surface area (Å²) in [6.45, 7) is 2.61. The summed E-state index contributed by atoms with van der Waals surface area (Å²) >= 11 is 0. The summed E-state index contributed by atoms with van der Waals surface area (Å²) in [6.07, 6.45) is 7.63. The third-order valence-corrected chi connectivity index (χ3v) is 4.46. The number of carbonyl (C=O) groups excluding carboxylic acids is 1. The maximum Gasteiger partial charge on any atom is 0.315 e. The Morgan fingerprint density at radius 2 is 1.84 bits per heavy atom. The van der Waals surface area contributed by atoms with Crippen LogP contribution < -0.4 is 24.8 Å². The van der Waals surface area contributed by atoms with Gasteiger partial charge in [0.2, 0.25) is 5.75 Å². The second-order valence-corrected chi connectivity index (χ2v) is 6.19. The van der Waals surface area contributed by atoms with Gasteiger partial charge < -0.3 is 24.8 Å². The fraction of sp³-hybridized carbons (Fsp3) is 0.526. The molecule has 1 aliphatic rings. The number of benzene rings is 1. The van der Waals surface area contributed by atoms with Crippen LogP contribution in [0.25, 0.3) is 0 Å². The van der Waals surface area contributed by atoms with E-state index < -0.39 is 0 Å². The van der Waals surface area contributed by atoms with E-state index in [2.05, 4.69) is 22.8 Å². The van der Waals surface area contributed by atoms with Crippen LogP contribution in [0.15, 0.2) is 24.3 Å². The summed E-state index contributed by atoms with van der Waals surface area (Å²) in [4.78, 5) is 12.2. The summed E-state index contributed by atoms with van der Waals surface area (Å²) in [5.41, 5.74) is 0.880. The van der Waals surface area contributed by atoms with Crippen LogP contribution >= 0.6 is 0 Å². The fourth-order valence-corrected chi connectivity index (χ4v) is 2.96. The molecule has 0 saturated carbocycles. The van der Waals surface area contributed by atoms with Crippen molar-refractivity contribution in [2.24, 2.45) is 5.92 Å². The van der Waals surface area contributed by atoms with Gasteiger partial charge in [-0.15, -0.1) is 0 Å². The van der Waals surface area contributed by atoms with Crippen LogP contribution in [-0.2, 0) is 0 Å². The highest BCUT2D eigenvalue weighted by molar-refractivity contribution is 5.74. The van der Waals surface area contributed by atoms with Gasteiger partial charge >= 0.3 is 6.03 Å². The molecule has 0 fully saturated rings. The number of ether oxygens (including phenoxy) is 3. The molecule has 6 nitrogen and oxygen atoms in total. The maximum atomic E-state index is 12.2. The summed E-state index contributed by atoms with van der Waals surface area (Å²) in [7, 11) is 4.71. The zero-order valence-electron chi connectivity index (χ0n) is 15.4. The lowest BCUT2D eigenvalue weighted by Gasteiger charge is -2.21. The van der Waals surface area contributed by atoms with Crippen molar-refractivity contribution in [3.05, 3.63) is 29.8 Å². The smallest absolute Gasteiger partial charge is 0.315 e. The highest BCUT2D eigenvalue weighted by Gasteiger charge is 2.18. The van der Waals surface area contributed by atoms with Crippen LogP contribution in [-0.4, -0.2) is 33.9 Å². The Labute approximate surface area is 149 Å². The zero-order valence-corrected chi connectivity index (χ0v) is 15.4. The van der Waals surface area contributed by atoms with Gasteiger partial charge in [0.1, 0.15) is 0 Å². The number of nitrogens with one attached hydrogen (secondary N) is 2. The lowest BCUT2D eigenvalue weighted by Crippen LogP contribution is -2.39. The van der Waals surface area contributed by atoms with E-state index in [-0.39, 0.29) is 12.1 Å². The van der Waals surface area contributed by atoms with Gasteiger partial charge in [-0.05, 0) is 49.8 Å². The van der Waals surface area contributed by atoms with Crippen LogP contribution in [0.5, 0.6) is 17.2 Å². The first-order chi connectivity index (χ1) is 12.1. The average Bonchev–Trinajstić information content (AvgIpc) is 2.65. The van der Waals surface area contributed by atoms with Crippen LogP contribution in [0, 0.1) is 5.92 Å². The molecule has 0 unspecified atom stereocenters. The normalized spacial score (nSPS) is 17.5. The molecule has 0 radical (unpaired) electrons. The Balaban J connectivity index is 1.98. The molecule has 0 heterocycles. The van der Waals surface area contributed by atoms with Gasteiger partial charge in [0, 0.05) is 6.54 Å². The first-order valence-electron chi connectivity index (χ1n) is 8.58. The van der Waals surface area contributed by atoms with Gasteiger partial charge in [-0.25, -0.2) is 4.79 Å². The molecule has 2 amide bonds. The number of urea groups is 1. The van der Waals surface area contributed by atoms with Gasteiger partial charge in [0.15, 0.2) is 11.5 Å². The van der Waals surface area contributed by atoms with Crippen molar-refractivity contribution in [1.82, 2.24) is 10.6 Å². The van der Waals surface area contributed by atoms with E-state index in [9.17, 15) is 4.79 Å². The van der Waals surface area contributed by atoms with E-state index in [0.717, 1.165) is 24.8 Å². The lowest BCUT2D eigenvalue weighted by atomic mass is 9.94. The molecule has 2 atom stereocenters. The van der Waals surface area contributed by atoms with E-state index in [1.54, 1.807) is 21.3 Å². The van der Waals surface area contributed by atoms with Gasteiger partial charge in [0.25, 0.3) is 0 Å². The number of amides is 2. The van der Waals surface area contributed by atoms with Crippen LogP contribution in [0.2, 0.25) is 0 Å². The second kappa shape index (κ2) is 9.20. The molecule has 25 heavy (non-hydrogen) atoms. The Morgan fingerprint density at radius 3 is 2.36 bits per heavy atom. The summed E-state index contributed by atoms with van der Waals surface area (Å²) < 4.78 is 16.0. The van der Waals surface area contributed by atoms with Crippen molar-refractivity contribution < 1.29 is 19.0 Å². The van der Waals surface area contributed by atoms with Crippen molar-refractivity contribution in [2.45, 2.75) is 32.2 Å². The largest absolute Gasteiger partial charge is 0.493 e. The molecule has 2 N–H and O–H groups in total. The zero-order chi connectivity index (χ0) is 18.2. The summed E-state index contributed by atoms with van der Waals surface area (Å²) in [5, 5.41) is 5.92. The molecule has 1 aromatic rings. The van der Waals surface area contributed by atoms with Gasteiger partial charge in [-0.1, -0.05) is 12.2 Å². The van der Waals surface area contributed by atoms with Crippen molar-refractivity contribution in [3.63, 3.8) is 0 Å². The Bertz CT molecular complexity index is 590. The number of rotatable bonds is 7. The van der Waals surface area contributed by atoms with E-state index >= 15 is 0 Å². The minimum atomic E-state index is -0.194. The van der Waals surface area contributed by atoms with Crippen LogP contribution in [0.1, 0.15) is 37.8 Å². The van der Waals surface area contributed by atoms with Crippen LogP contribution in [0.4, 0.5) is 4.79 Å². The second-order valence-electron chi connectivity index (χ2n) is 6.19. The number of hydrogen-bond acceptors (Lipinski definition) is 4. The molecular weight excluding hydrogens is 320 g/mol. The third-order valence-electron chi connectivity index (χ3n) is 4.46. The lowest BCUT2D eigenvalue weighted by molar-refractivity contribution is 0.235. The minimum absolute atomic E-state index is 0.171. The van der Waals surface area contributed by atoms with E-state index in [1.807, 2.05) is 19.1 Å². The molecule has 0 bridgehead atoms. The van der Waals surface area contributed by atoms with E-state index in [4.69, 9.17) is 14.2 Å². The molecular formula is C19H28N2O4. The molecule has 2 rings (SSSR count). The first kappa shape index (κ1) is 19.0. The number of methoxy groups -OCH3 is 3. The Kier molecular flexibility index (Phi) is 6.98. The SMILES string of the molecule is COc1cc([C@H](C)NC(=O)NC[C@@H]2CC=CCC2)cc(OC)c1OC. The van der Waals surface area contributed by atoms with Crippen molar-refractivity contribution in [1.29, 1.82) is 0 Å². The van der Waals surface area contributed by atoms with E-state index in [1.165, 1.54) is 0 Å². The summed E-state index contributed by atoms with van der Waals surface area (Å²) in [5.74, 6) is 2.20. The number of hydrogen-bond donors (Lipinski definition) is 2. The summed E-state index contributed by atoms with van der Waals surface area (Å²) in [6, 6.07) is 3.33. The number of carbonyl (C=O) groups is 1. The Hall–Kier alpha value is -2.37. The molecule has 0 aliphatic heterocycles. The fourth-order valence-electron chi connectivity index (χ4n) is 2.96. The molecule has 1 aromatic carbocycles. The van der Waals surface area contributed by atoms with Gasteiger partial charge in [-0.3, -0.25) is 0 Å². The molecule has 138 valence electrons. The minimum Gasteiger partial charge on any atom is -0.493 e. The van der Waals surface area contributed by atoms with Gasteiger partial charge in [0.05, 0.1) is 27.4 Å². The number of allylic oxidation sites excluding steroid dienone is 2. The topological polar surface area (TPSA) is 68.8 Å². The third kappa shape index (κ3) is 5.05. The quantitative estimate of drug-likeness (QED) is 0.741. The first-order valence-corrected chi connectivity index (χ1v) is 8.58. The predicted octanol–water partition coefficient (Wildman–Crippen LogP) is 3.43.